The molecule has 0 aliphatic rings. The number of rotatable bonds is 7. The van der Waals surface area contributed by atoms with Gasteiger partial charge in [0.2, 0.25) is 11.8 Å². The molecule has 11 heteroatoms. The van der Waals surface area contributed by atoms with Gasteiger partial charge in [0.05, 0.1) is 24.1 Å². The summed E-state index contributed by atoms with van der Waals surface area (Å²) in [7, 11) is -0.850. The Labute approximate surface area is 195 Å². The van der Waals surface area contributed by atoms with Crippen LogP contribution in [0.15, 0.2) is 64.0 Å². The van der Waals surface area contributed by atoms with Gasteiger partial charge in [-0.15, -0.1) is 10.2 Å². The summed E-state index contributed by atoms with van der Waals surface area (Å²) in [5, 5.41) is 8.56. The maximum atomic E-state index is 13.0. The lowest BCUT2D eigenvalue weighted by Gasteiger charge is -2.10. The Bertz CT molecular complexity index is 1400. The van der Waals surface area contributed by atoms with Gasteiger partial charge in [-0.25, -0.2) is 13.4 Å². The van der Waals surface area contributed by atoms with Crippen molar-refractivity contribution < 1.29 is 22.3 Å². The number of pyridine rings is 1. The molecule has 0 bridgehead atoms. The van der Waals surface area contributed by atoms with Crippen molar-refractivity contribution in [3.05, 3.63) is 65.3 Å². The van der Waals surface area contributed by atoms with Crippen molar-refractivity contribution in [2.45, 2.75) is 11.8 Å². The SMILES string of the molecule is COc1ccc(-c2nnc(-c3ccc(C)c(S(=O)(=O)Nc4ccc(Cl)cn4)c3)o2)cc1OC. The van der Waals surface area contributed by atoms with Crippen LogP contribution in [0.4, 0.5) is 5.82 Å². The molecule has 0 unspecified atom stereocenters. The molecule has 1 N–H and O–H groups in total. The molecule has 33 heavy (non-hydrogen) atoms. The standard InChI is InChI=1S/C22H19ClN4O5S/c1-13-4-5-15(11-19(13)33(28,29)27-20-9-7-16(23)12-24-20)22-26-25-21(32-22)14-6-8-17(30-2)18(10-14)31-3/h4-12H,1-3H3,(H,24,27). The summed E-state index contributed by atoms with van der Waals surface area (Å²) in [6, 6.07) is 13.1. The molecule has 0 saturated carbocycles. The number of hydrogen-bond acceptors (Lipinski definition) is 8. The molecule has 2 aromatic carbocycles. The van der Waals surface area contributed by atoms with Crippen LogP contribution in [0.3, 0.4) is 0 Å². The molecule has 9 nitrogen and oxygen atoms in total. The van der Waals surface area contributed by atoms with E-state index in [2.05, 4.69) is 19.9 Å². The molecule has 2 heterocycles. The van der Waals surface area contributed by atoms with Crippen LogP contribution in [0.1, 0.15) is 5.56 Å². The lowest BCUT2D eigenvalue weighted by molar-refractivity contribution is 0.355. The molecule has 2 aromatic heterocycles. The molecule has 0 atom stereocenters. The van der Waals surface area contributed by atoms with Gasteiger partial charge in [-0.3, -0.25) is 4.72 Å². The van der Waals surface area contributed by atoms with Crippen molar-refractivity contribution in [3.63, 3.8) is 0 Å². The zero-order valence-corrected chi connectivity index (χ0v) is 19.4. The Morgan fingerprint density at radius 3 is 2.21 bits per heavy atom. The van der Waals surface area contributed by atoms with Crippen LogP contribution in [-0.2, 0) is 10.0 Å². The lowest BCUT2D eigenvalue weighted by Crippen LogP contribution is -2.15. The van der Waals surface area contributed by atoms with Gasteiger partial charge in [-0.05, 0) is 55.0 Å². The van der Waals surface area contributed by atoms with Gasteiger partial charge in [-0.2, -0.15) is 0 Å². The summed E-state index contributed by atoms with van der Waals surface area (Å²) >= 11 is 5.82. The van der Waals surface area contributed by atoms with Crippen LogP contribution in [0.2, 0.25) is 5.02 Å². The number of nitrogens with one attached hydrogen (secondary N) is 1. The number of anilines is 1. The predicted molar refractivity (Wildman–Crippen MR) is 123 cm³/mol. The normalized spacial score (nSPS) is 11.3. The Balaban J connectivity index is 1.66. The first-order valence-electron chi connectivity index (χ1n) is 9.62. The number of aromatic nitrogens is 3. The van der Waals surface area contributed by atoms with Crippen LogP contribution >= 0.6 is 11.6 Å². The van der Waals surface area contributed by atoms with E-state index in [1.807, 2.05) is 0 Å². The molecule has 0 aliphatic heterocycles. The average molecular weight is 487 g/mol. The first-order valence-corrected chi connectivity index (χ1v) is 11.5. The van der Waals surface area contributed by atoms with Gasteiger partial charge in [0, 0.05) is 17.3 Å². The van der Waals surface area contributed by atoms with Crippen molar-refractivity contribution in [1.82, 2.24) is 15.2 Å². The van der Waals surface area contributed by atoms with Crippen LogP contribution in [0.25, 0.3) is 22.9 Å². The van der Waals surface area contributed by atoms with E-state index < -0.39 is 10.0 Å². The van der Waals surface area contributed by atoms with Crippen molar-refractivity contribution in [3.8, 4) is 34.4 Å². The Hall–Kier alpha value is -3.63. The second-order valence-corrected chi connectivity index (χ2v) is 9.02. The molecule has 170 valence electrons. The minimum Gasteiger partial charge on any atom is -0.493 e. The third kappa shape index (κ3) is 4.76. The zero-order valence-electron chi connectivity index (χ0n) is 17.9. The van der Waals surface area contributed by atoms with Crippen molar-refractivity contribution >= 4 is 27.4 Å². The Morgan fingerprint density at radius 2 is 1.58 bits per heavy atom. The van der Waals surface area contributed by atoms with Gasteiger partial charge in [-0.1, -0.05) is 17.7 Å². The van der Waals surface area contributed by atoms with Crippen LogP contribution in [0.5, 0.6) is 11.5 Å². The molecule has 0 radical (unpaired) electrons. The van der Waals surface area contributed by atoms with E-state index in [9.17, 15) is 8.42 Å². The quantitative estimate of drug-likeness (QED) is 0.403. The lowest BCUT2D eigenvalue weighted by atomic mass is 10.1. The number of aryl methyl sites for hydroxylation is 1. The summed E-state index contributed by atoms with van der Waals surface area (Å²) in [6.07, 6.45) is 1.36. The molecule has 0 spiro atoms. The number of nitrogens with zero attached hydrogens (tertiary/aromatic N) is 3. The van der Waals surface area contributed by atoms with E-state index >= 15 is 0 Å². The molecule has 4 rings (SSSR count). The predicted octanol–water partition coefficient (Wildman–Crippen LogP) is 4.58. The van der Waals surface area contributed by atoms with E-state index in [-0.39, 0.29) is 22.5 Å². The molecule has 0 aliphatic carbocycles. The first-order chi connectivity index (χ1) is 15.8. The number of halogens is 1. The largest absolute Gasteiger partial charge is 0.493 e. The average Bonchev–Trinajstić information content (AvgIpc) is 3.30. The summed E-state index contributed by atoms with van der Waals surface area (Å²) in [4.78, 5) is 4.04. The zero-order chi connectivity index (χ0) is 23.6. The van der Waals surface area contributed by atoms with Crippen LogP contribution < -0.4 is 14.2 Å². The summed E-state index contributed by atoms with van der Waals surface area (Å²) in [6.45, 7) is 1.69. The summed E-state index contributed by atoms with van der Waals surface area (Å²) < 4.78 is 44.7. The Morgan fingerprint density at radius 1 is 0.909 bits per heavy atom. The second-order valence-electron chi connectivity index (χ2n) is 6.93. The number of methoxy groups -OCH3 is 2. The summed E-state index contributed by atoms with van der Waals surface area (Å²) in [5.41, 5.74) is 1.62. The van der Waals surface area contributed by atoms with Gasteiger partial charge in [0.15, 0.2) is 11.5 Å². The third-order valence-corrected chi connectivity index (χ3v) is 6.47. The highest BCUT2D eigenvalue weighted by Crippen LogP contribution is 2.33. The van der Waals surface area contributed by atoms with Gasteiger partial charge in [0.1, 0.15) is 5.82 Å². The van der Waals surface area contributed by atoms with Crippen molar-refractivity contribution in [2.24, 2.45) is 0 Å². The topological polar surface area (TPSA) is 116 Å². The number of sulfonamides is 1. The summed E-state index contributed by atoms with van der Waals surface area (Å²) in [5.74, 6) is 1.65. The molecule has 0 saturated heterocycles. The first kappa shape index (κ1) is 22.6. The number of benzene rings is 2. The molecular formula is C22H19ClN4O5S. The molecule has 4 aromatic rings. The van der Waals surface area contributed by atoms with Crippen LogP contribution in [0, 0.1) is 6.92 Å². The Kier molecular flexibility index (Phi) is 6.21. The van der Waals surface area contributed by atoms with Crippen molar-refractivity contribution in [1.29, 1.82) is 0 Å². The number of ether oxygens (including phenoxy) is 2. The molecule has 0 fully saturated rings. The van der Waals surface area contributed by atoms with E-state index in [0.29, 0.717) is 33.2 Å². The smallest absolute Gasteiger partial charge is 0.263 e. The minimum atomic E-state index is -3.93. The highest BCUT2D eigenvalue weighted by molar-refractivity contribution is 7.92. The van der Waals surface area contributed by atoms with Gasteiger partial charge < -0.3 is 13.9 Å². The molecular weight excluding hydrogens is 468 g/mol. The highest BCUT2D eigenvalue weighted by Gasteiger charge is 2.21. The van der Waals surface area contributed by atoms with Gasteiger partial charge in [0.25, 0.3) is 10.0 Å². The second kappa shape index (κ2) is 9.08. The maximum Gasteiger partial charge on any atom is 0.263 e. The fourth-order valence-corrected chi connectivity index (χ4v) is 4.47. The fraction of sp³-hybridized carbons (Fsp3) is 0.136. The highest BCUT2D eigenvalue weighted by atomic mass is 35.5. The monoisotopic (exact) mass is 486 g/mol. The third-order valence-electron chi connectivity index (χ3n) is 4.75. The number of hydrogen-bond donors (Lipinski definition) is 1. The molecule has 0 amide bonds. The van der Waals surface area contributed by atoms with E-state index in [0.717, 1.165) is 0 Å². The maximum absolute atomic E-state index is 13.0. The van der Waals surface area contributed by atoms with E-state index in [4.69, 9.17) is 25.5 Å². The van der Waals surface area contributed by atoms with Crippen molar-refractivity contribution in [2.75, 3.05) is 18.9 Å². The minimum absolute atomic E-state index is 0.0580. The van der Waals surface area contributed by atoms with Gasteiger partial charge >= 0.3 is 0 Å². The van der Waals surface area contributed by atoms with E-state index in [1.54, 1.807) is 50.4 Å². The van der Waals surface area contributed by atoms with Crippen LogP contribution in [-0.4, -0.2) is 37.8 Å². The fourth-order valence-electron chi connectivity index (χ4n) is 3.08. The van der Waals surface area contributed by atoms with E-state index in [1.165, 1.54) is 25.4 Å².